The molecule has 20 heavy (non-hydrogen) atoms. The summed E-state index contributed by atoms with van der Waals surface area (Å²) in [5.41, 5.74) is -0.0136. The summed E-state index contributed by atoms with van der Waals surface area (Å²) in [5, 5.41) is 9.63. The number of phenolic OH excluding ortho intramolecular Hbond substituents is 1. The van der Waals surface area contributed by atoms with Crippen molar-refractivity contribution >= 4 is 17.8 Å². The Bertz CT molecular complexity index is 495. The molecule has 0 aliphatic carbocycles. The highest BCUT2D eigenvalue weighted by atomic mass is 16.5. The van der Waals surface area contributed by atoms with E-state index in [2.05, 4.69) is 9.47 Å². The first-order chi connectivity index (χ1) is 9.49. The molecule has 1 aromatic carbocycles. The second-order valence-electron chi connectivity index (χ2n) is 3.83. The van der Waals surface area contributed by atoms with Crippen molar-refractivity contribution in [3.05, 3.63) is 29.8 Å². The fourth-order valence-corrected chi connectivity index (χ4v) is 1.47. The molecule has 0 unspecified atom stereocenters. The number of phenols is 1. The molecule has 1 amide bonds. The van der Waals surface area contributed by atoms with Crippen LogP contribution in [0.4, 0.5) is 0 Å². The first-order valence-corrected chi connectivity index (χ1v) is 5.70. The Hall–Kier alpha value is -2.57. The van der Waals surface area contributed by atoms with Gasteiger partial charge in [-0.3, -0.25) is 14.4 Å². The van der Waals surface area contributed by atoms with Gasteiger partial charge in [-0.05, 0) is 12.1 Å². The molecule has 0 bridgehead atoms. The van der Waals surface area contributed by atoms with Crippen LogP contribution >= 0.6 is 0 Å². The maximum Gasteiger partial charge on any atom is 0.325 e. The lowest BCUT2D eigenvalue weighted by atomic mass is 10.1. The summed E-state index contributed by atoms with van der Waals surface area (Å²) in [5.74, 6) is -2.27. The van der Waals surface area contributed by atoms with Gasteiger partial charge in [0.05, 0.1) is 19.8 Å². The van der Waals surface area contributed by atoms with Gasteiger partial charge in [-0.25, -0.2) is 0 Å². The molecule has 0 heterocycles. The molecule has 108 valence electrons. The number of esters is 2. The van der Waals surface area contributed by atoms with Crippen LogP contribution in [-0.4, -0.2) is 55.2 Å². The number of amides is 1. The molecular formula is C13H15NO6. The number of hydrogen-bond donors (Lipinski definition) is 1. The average Bonchev–Trinajstić information content (AvgIpc) is 2.45. The third-order valence-electron chi connectivity index (χ3n) is 2.52. The second kappa shape index (κ2) is 7.13. The Labute approximate surface area is 115 Å². The van der Waals surface area contributed by atoms with Crippen LogP contribution in [0.15, 0.2) is 24.3 Å². The van der Waals surface area contributed by atoms with E-state index in [4.69, 9.17) is 0 Å². The fourth-order valence-electron chi connectivity index (χ4n) is 1.47. The predicted octanol–water partition coefficient (Wildman–Crippen LogP) is 0.180. The van der Waals surface area contributed by atoms with Gasteiger partial charge < -0.3 is 19.5 Å². The molecule has 1 aromatic rings. The number of benzene rings is 1. The Morgan fingerprint density at radius 2 is 1.55 bits per heavy atom. The quantitative estimate of drug-likeness (QED) is 0.774. The summed E-state index contributed by atoms with van der Waals surface area (Å²) in [6.07, 6.45) is 0. The van der Waals surface area contributed by atoms with E-state index in [1.807, 2.05) is 0 Å². The summed E-state index contributed by atoms with van der Waals surface area (Å²) >= 11 is 0. The highest BCUT2D eigenvalue weighted by Gasteiger charge is 2.24. The molecule has 1 rings (SSSR count). The Morgan fingerprint density at radius 3 is 2.00 bits per heavy atom. The lowest BCUT2D eigenvalue weighted by molar-refractivity contribution is -0.144. The van der Waals surface area contributed by atoms with Crippen molar-refractivity contribution in [3.8, 4) is 5.75 Å². The Balaban J connectivity index is 2.97. The predicted molar refractivity (Wildman–Crippen MR) is 68.0 cm³/mol. The van der Waals surface area contributed by atoms with E-state index in [0.29, 0.717) is 0 Å². The first kappa shape index (κ1) is 15.5. The van der Waals surface area contributed by atoms with Crippen LogP contribution in [0.25, 0.3) is 0 Å². The third kappa shape index (κ3) is 3.98. The van der Waals surface area contributed by atoms with Crippen molar-refractivity contribution in [2.24, 2.45) is 0 Å². The molecule has 0 saturated heterocycles. The van der Waals surface area contributed by atoms with Crippen LogP contribution in [0.1, 0.15) is 10.4 Å². The third-order valence-corrected chi connectivity index (χ3v) is 2.52. The lowest BCUT2D eigenvalue weighted by Crippen LogP contribution is -2.40. The number of hydrogen-bond acceptors (Lipinski definition) is 6. The smallest absolute Gasteiger partial charge is 0.325 e. The fraction of sp³-hybridized carbons (Fsp3) is 0.308. The standard InChI is InChI=1S/C13H15NO6/c1-19-11(16)7-14(8-12(17)20-2)13(18)9-5-3-4-6-10(9)15/h3-6,15H,7-8H2,1-2H3. The molecular weight excluding hydrogens is 266 g/mol. The molecule has 0 fully saturated rings. The maximum atomic E-state index is 12.2. The van der Waals surface area contributed by atoms with Crippen LogP contribution in [0.2, 0.25) is 0 Å². The van der Waals surface area contributed by atoms with Gasteiger partial charge in [0.25, 0.3) is 5.91 Å². The van der Waals surface area contributed by atoms with E-state index < -0.39 is 30.9 Å². The van der Waals surface area contributed by atoms with Gasteiger partial charge in [0.1, 0.15) is 18.8 Å². The average molecular weight is 281 g/mol. The summed E-state index contributed by atoms with van der Waals surface area (Å²) in [4.78, 5) is 35.7. The van der Waals surface area contributed by atoms with E-state index in [1.165, 1.54) is 26.4 Å². The van der Waals surface area contributed by atoms with E-state index in [0.717, 1.165) is 4.90 Å². The topological polar surface area (TPSA) is 93.1 Å². The van der Waals surface area contributed by atoms with Crippen molar-refractivity contribution in [2.75, 3.05) is 27.3 Å². The number of ether oxygens (including phenoxy) is 2. The number of rotatable bonds is 5. The number of aromatic hydroxyl groups is 1. The van der Waals surface area contributed by atoms with Crippen molar-refractivity contribution in [1.82, 2.24) is 4.90 Å². The molecule has 1 N–H and O–H groups in total. The van der Waals surface area contributed by atoms with Crippen LogP contribution in [0, 0.1) is 0 Å². The summed E-state index contributed by atoms with van der Waals surface area (Å²) in [7, 11) is 2.34. The summed E-state index contributed by atoms with van der Waals surface area (Å²) in [6.45, 7) is -0.836. The molecule has 0 aliphatic rings. The van der Waals surface area contributed by atoms with Gasteiger partial charge in [0, 0.05) is 0 Å². The minimum absolute atomic E-state index is 0.0136. The summed E-state index contributed by atoms with van der Waals surface area (Å²) < 4.78 is 8.93. The van der Waals surface area contributed by atoms with Gasteiger partial charge in [0.2, 0.25) is 0 Å². The lowest BCUT2D eigenvalue weighted by Gasteiger charge is -2.20. The number of carbonyl (C=O) groups is 3. The van der Waals surface area contributed by atoms with Gasteiger partial charge in [-0.1, -0.05) is 12.1 Å². The van der Waals surface area contributed by atoms with Gasteiger partial charge in [-0.2, -0.15) is 0 Å². The Morgan fingerprint density at radius 1 is 1.05 bits per heavy atom. The molecule has 0 radical (unpaired) electrons. The van der Waals surface area contributed by atoms with E-state index in [-0.39, 0.29) is 11.3 Å². The number of methoxy groups -OCH3 is 2. The van der Waals surface area contributed by atoms with Crippen LogP contribution in [-0.2, 0) is 19.1 Å². The maximum absolute atomic E-state index is 12.2. The summed E-state index contributed by atoms with van der Waals surface area (Å²) in [6, 6.07) is 5.83. The minimum Gasteiger partial charge on any atom is -0.507 e. The van der Waals surface area contributed by atoms with Crippen LogP contribution in [0.3, 0.4) is 0 Å². The number of carbonyl (C=O) groups excluding carboxylic acids is 3. The normalized spacial score (nSPS) is 9.70. The molecule has 0 spiro atoms. The molecule has 0 saturated carbocycles. The second-order valence-corrected chi connectivity index (χ2v) is 3.83. The molecule has 7 nitrogen and oxygen atoms in total. The minimum atomic E-state index is -0.683. The van der Waals surface area contributed by atoms with E-state index >= 15 is 0 Å². The first-order valence-electron chi connectivity index (χ1n) is 5.70. The Kier molecular flexibility index (Phi) is 5.52. The highest BCUT2D eigenvalue weighted by Crippen LogP contribution is 2.17. The van der Waals surface area contributed by atoms with Crippen molar-refractivity contribution in [1.29, 1.82) is 0 Å². The molecule has 0 atom stereocenters. The van der Waals surface area contributed by atoms with Crippen molar-refractivity contribution in [3.63, 3.8) is 0 Å². The van der Waals surface area contributed by atoms with Gasteiger partial charge in [-0.15, -0.1) is 0 Å². The van der Waals surface area contributed by atoms with Crippen molar-refractivity contribution in [2.45, 2.75) is 0 Å². The van der Waals surface area contributed by atoms with Crippen LogP contribution < -0.4 is 0 Å². The monoisotopic (exact) mass is 281 g/mol. The molecule has 0 aliphatic heterocycles. The number of para-hydroxylation sites is 1. The van der Waals surface area contributed by atoms with Gasteiger partial charge >= 0.3 is 11.9 Å². The number of nitrogens with zero attached hydrogens (tertiary/aromatic N) is 1. The van der Waals surface area contributed by atoms with Gasteiger partial charge in [0.15, 0.2) is 0 Å². The van der Waals surface area contributed by atoms with E-state index in [1.54, 1.807) is 12.1 Å². The zero-order valence-electron chi connectivity index (χ0n) is 11.2. The zero-order valence-corrected chi connectivity index (χ0v) is 11.2. The van der Waals surface area contributed by atoms with Crippen LogP contribution in [0.5, 0.6) is 5.75 Å². The highest BCUT2D eigenvalue weighted by molar-refractivity contribution is 5.99. The van der Waals surface area contributed by atoms with E-state index in [9.17, 15) is 19.5 Å². The zero-order chi connectivity index (χ0) is 15.1. The molecule has 7 heteroatoms. The molecule has 0 aromatic heterocycles. The SMILES string of the molecule is COC(=O)CN(CC(=O)OC)C(=O)c1ccccc1O. The van der Waals surface area contributed by atoms with Crippen molar-refractivity contribution < 1.29 is 29.0 Å². The largest absolute Gasteiger partial charge is 0.507 e.